The van der Waals surface area contributed by atoms with Gasteiger partial charge in [0.05, 0.1) is 10.0 Å². The van der Waals surface area contributed by atoms with Crippen LogP contribution in [-0.2, 0) is 0 Å². The number of rotatable bonds is 2. The fraction of sp³-hybridized carbons (Fsp3) is 0. The zero-order valence-electron chi connectivity index (χ0n) is 10.2. The third kappa shape index (κ3) is 2.30. The van der Waals surface area contributed by atoms with Gasteiger partial charge in [-0.05, 0) is 46.3 Å². The van der Waals surface area contributed by atoms with Gasteiger partial charge >= 0.3 is 0 Å². The molecule has 3 rings (SSSR count). The topological polar surface area (TPSA) is 64.9 Å². The van der Waals surface area contributed by atoms with Gasteiger partial charge in [0.25, 0.3) is 5.89 Å². The quantitative estimate of drug-likeness (QED) is 0.722. The number of anilines is 1. The minimum Gasteiger partial charge on any atom is -0.398 e. The highest BCUT2D eigenvalue weighted by Gasteiger charge is 2.13. The number of nitrogen functional groups attached to an aromatic ring is 1. The largest absolute Gasteiger partial charge is 0.398 e. The van der Waals surface area contributed by atoms with E-state index in [-0.39, 0.29) is 5.82 Å². The number of nitrogens with zero attached hydrogens (tertiary/aromatic N) is 2. The van der Waals surface area contributed by atoms with Gasteiger partial charge in [0, 0.05) is 11.3 Å². The molecule has 0 spiro atoms. The van der Waals surface area contributed by atoms with E-state index in [0.29, 0.717) is 33.0 Å². The van der Waals surface area contributed by atoms with Crippen molar-refractivity contribution in [3.05, 3.63) is 52.8 Å². The molecule has 2 aromatic carbocycles. The van der Waals surface area contributed by atoms with Crippen LogP contribution in [-0.4, -0.2) is 10.1 Å². The molecule has 0 aliphatic heterocycles. The van der Waals surface area contributed by atoms with E-state index in [1.54, 1.807) is 24.3 Å². The first kappa shape index (κ1) is 12.8. The van der Waals surface area contributed by atoms with Gasteiger partial charge < -0.3 is 10.3 Å². The minimum absolute atomic E-state index is 0.332. The van der Waals surface area contributed by atoms with E-state index < -0.39 is 0 Å². The average Bonchev–Trinajstić information content (AvgIpc) is 2.92. The lowest BCUT2D eigenvalue weighted by atomic mass is 10.2. The Morgan fingerprint density at radius 2 is 1.95 bits per heavy atom. The number of benzene rings is 2. The number of halogens is 2. The molecule has 20 heavy (non-hydrogen) atoms. The average molecular weight is 334 g/mol. The Bertz CT molecular complexity index is 773. The number of nitrogens with two attached hydrogens (primary N) is 1. The van der Waals surface area contributed by atoms with E-state index >= 15 is 0 Å². The molecule has 6 heteroatoms. The van der Waals surface area contributed by atoms with Gasteiger partial charge in [0.1, 0.15) is 5.82 Å². The zero-order chi connectivity index (χ0) is 14.1. The van der Waals surface area contributed by atoms with Gasteiger partial charge in [0.15, 0.2) is 0 Å². The van der Waals surface area contributed by atoms with Gasteiger partial charge in [-0.3, -0.25) is 0 Å². The number of aromatic nitrogens is 2. The lowest BCUT2D eigenvalue weighted by molar-refractivity contribution is 0.432. The molecular weight excluding hydrogens is 325 g/mol. The Balaban J connectivity index is 2.02. The molecule has 0 saturated heterocycles. The van der Waals surface area contributed by atoms with Crippen molar-refractivity contribution in [3.8, 4) is 22.8 Å². The summed E-state index contributed by atoms with van der Waals surface area (Å²) in [6.45, 7) is 0. The predicted molar refractivity (Wildman–Crippen MR) is 77.2 cm³/mol. The van der Waals surface area contributed by atoms with Crippen LogP contribution in [0.15, 0.2) is 51.5 Å². The molecule has 2 N–H and O–H groups in total. The first-order chi connectivity index (χ1) is 9.65. The molecule has 0 unspecified atom stereocenters. The zero-order valence-corrected chi connectivity index (χ0v) is 11.8. The molecule has 0 aliphatic carbocycles. The molecule has 0 saturated carbocycles. The summed E-state index contributed by atoms with van der Waals surface area (Å²) in [5, 5.41) is 3.89. The maximum absolute atomic E-state index is 13.2. The number of hydrogen-bond donors (Lipinski definition) is 1. The van der Waals surface area contributed by atoms with Gasteiger partial charge in [0.2, 0.25) is 5.82 Å². The summed E-state index contributed by atoms with van der Waals surface area (Å²) in [5.41, 5.74) is 7.75. The Kier molecular flexibility index (Phi) is 3.23. The standard InChI is InChI=1S/C14H9BrFN3O/c15-10-7-8(5-6-11(10)16)13-18-14(20-19-13)9-3-1-2-4-12(9)17/h1-7H,17H2. The van der Waals surface area contributed by atoms with Crippen molar-refractivity contribution in [1.29, 1.82) is 0 Å². The Morgan fingerprint density at radius 1 is 1.15 bits per heavy atom. The van der Waals surface area contributed by atoms with E-state index in [1.165, 1.54) is 6.07 Å². The molecule has 4 nitrogen and oxygen atoms in total. The molecule has 1 heterocycles. The van der Waals surface area contributed by atoms with E-state index in [1.807, 2.05) is 12.1 Å². The first-order valence-corrected chi connectivity index (χ1v) is 6.58. The molecule has 0 amide bonds. The number of hydrogen-bond acceptors (Lipinski definition) is 4. The summed E-state index contributed by atoms with van der Waals surface area (Å²) in [4.78, 5) is 4.28. The smallest absolute Gasteiger partial charge is 0.260 e. The second-order valence-corrected chi connectivity index (χ2v) is 4.99. The lowest BCUT2D eigenvalue weighted by Gasteiger charge is -1.98. The first-order valence-electron chi connectivity index (χ1n) is 5.79. The van der Waals surface area contributed by atoms with Crippen molar-refractivity contribution in [1.82, 2.24) is 10.1 Å². The Hall–Kier alpha value is -2.21. The summed E-state index contributed by atoms with van der Waals surface area (Å²) in [7, 11) is 0. The minimum atomic E-state index is -0.343. The van der Waals surface area contributed by atoms with Crippen LogP contribution in [0.4, 0.5) is 10.1 Å². The van der Waals surface area contributed by atoms with Crippen LogP contribution >= 0.6 is 15.9 Å². The second-order valence-electron chi connectivity index (χ2n) is 4.14. The van der Waals surface area contributed by atoms with E-state index in [9.17, 15) is 4.39 Å². The molecule has 0 bridgehead atoms. The summed E-state index contributed by atoms with van der Waals surface area (Å²) in [5.74, 6) is 0.368. The summed E-state index contributed by atoms with van der Waals surface area (Å²) in [6, 6.07) is 11.7. The summed E-state index contributed by atoms with van der Waals surface area (Å²) < 4.78 is 18.8. The van der Waals surface area contributed by atoms with Crippen molar-refractivity contribution >= 4 is 21.6 Å². The predicted octanol–water partition coefficient (Wildman–Crippen LogP) is 3.89. The highest BCUT2D eigenvalue weighted by atomic mass is 79.9. The van der Waals surface area contributed by atoms with Crippen LogP contribution in [0.5, 0.6) is 0 Å². The van der Waals surface area contributed by atoms with Crippen LogP contribution in [0.2, 0.25) is 0 Å². The lowest BCUT2D eigenvalue weighted by Crippen LogP contribution is -1.89. The van der Waals surface area contributed by atoms with Crippen LogP contribution in [0.25, 0.3) is 22.8 Å². The van der Waals surface area contributed by atoms with Gasteiger partial charge in [-0.15, -0.1) is 0 Å². The maximum atomic E-state index is 13.2. The summed E-state index contributed by atoms with van der Waals surface area (Å²) >= 11 is 3.13. The van der Waals surface area contributed by atoms with E-state index in [2.05, 4.69) is 26.1 Å². The highest BCUT2D eigenvalue weighted by Crippen LogP contribution is 2.28. The van der Waals surface area contributed by atoms with Gasteiger partial charge in [-0.1, -0.05) is 17.3 Å². The SMILES string of the molecule is Nc1ccccc1-c1nc(-c2ccc(F)c(Br)c2)no1. The monoisotopic (exact) mass is 333 g/mol. The number of para-hydroxylation sites is 1. The van der Waals surface area contributed by atoms with Crippen molar-refractivity contribution in [2.45, 2.75) is 0 Å². The van der Waals surface area contributed by atoms with Crippen LogP contribution in [0, 0.1) is 5.82 Å². The molecular formula is C14H9BrFN3O. The van der Waals surface area contributed by atoms with E-state index in [4.69, 9.17) is 10.3 Å². The van der Waals surface area contributed by atoms with E-state index in [0.717, 1.165) is 0 Å². The normalized spacial score (nSPS) is 10.7. The maximum Gasteiger partial charge on any atom is 0.260 e. The second kappa shape index (κ2) is 5.05. The van der Waals surface area contributed by atoms with Crippen molar-refractivity contribution in [2.75, 3.05) is 5.73 Å². The van der Waals surface area contributed by atoms with Crippen LogP contribution in [0.3, 0.4) is 0 Å². The molecule has 0 atom stereocenters. The fourth-order valence-corrected chi connectivity index (χ4v) is 2.16. The molecule has 100 valence electrons. The summed E-state index contributed by atoms with van der Waals surface area (Å²) in [6.07, 6.45) is 0. The van der Waals surface area contributed by atoms with Crippen molar-refractivity contribution < 1.29 is 8.91 Å². The molecule has 1 aromatic heterocycles. The highest BCUT2D eigenvalue weighted by molar-refractivity contribution is 9.10. The third-order valence-corrected chi connectivity index (χ3v) is 3.40. The van der Waals surface area contributed by atoms with Gasteiger partial charge in [-0.25, -0.2) is 4.39 Å². The van der Waals surface area contributed by atoms with Crippen molar-refractivity contribution in [3.63, 3.8) is 0 Å². The van der Waals surface area contributed by atoms with Crippen molar-refractivity contribution in [2.24, 2.45) is 0 Å². The fourth-order valence-electron chi connectivity index (χ4n) is 1.78. The van der Waals surface area contributed by atoms with Gasteiger partial charge in [-0.2, -0.15) is 4.98 Å². The Morgan fingerprint density at radius 3 is 2.70 bits per heavy atom. The third-order valence-electron chi connectivity index (χ3n) is 2.80. The molecule has 0 aliphatic rings. The van der Waals surface area contributed by atoms with Crippen LogP contribution in [0.1, 0.15) is 0 Å². The molecule has 0 radical (unpaired) electrons. The Labute approximate surface area is 122 Å². The molecule has 3 aromatic rings. The van der Waals surface area contributed by atoms with Crippen LogP contribution < -0.4 is 5.73 Å². The molecule has 0 fully saturated rings.